The highest BCUT2D eigenvalue weighted by Gasteiger charge is 2.46. The number of nitrogens with one attached hydrogen (secondary N) is 4. The minimum absolute atomic E-state index is 0.134. The first-order valence-electron chi connectivity index (χ1n) is 16.0. The van der Waals surface area contributed by atoms with Crippen LogP contribution in [0, 0.1) is 27.0 Å². The van der Waals surface area contributed by atoms with Crippen molar-refractivity contribution in [2.24, 2.45) is 20.5 Å². The van der Waals surface area contributed by atoms with E-state index in [9.17, 15) is 0 Å². The highest BCUT2D eigenvalue weighted by Crippen LogP contribution is 2.51. The Bertz CT molecular complexity index is 2230. The number of aromatic amines is 4. The first-order valence-corrected chi connectivity index (χ1v) is 16.0. The summed E-state index contributed by atoms with van der Waals surface area (Å²) in [6, 6.07) is 0. The van der Waals surface area contributed by atoms with Gasteiger partial charge in [0.05, 0.1) is 35.9 Å². The number of aryl methyl sites for hydroxylation is 2. The van der Waals surface area contributed by atoms with E-state index in [4.69, 9.17) is 13.1 Å². The van der Waals surface area contributed by atoms with Gasteiger partial charge >= 0.3 is 0 Å². The summed E-state index contributed by atoms with van der Waals surface area (Å²) in [5.74, 6) is 1.44. The predicted octanol–water partition coefficient (Wildman–Crippen LogP) is 8.27. The average molecular weight is 677 g/mol. The standard InChI is InChI=1S/C32H40N18/c1-15-35-27-19(21(29(3,4)5)47-49(27)45-15)37-41-25-17(33-13)23(39-43-25)31(9,10)32(11,12)24-18(34-14)26(44-40-24)42-38-20-22(30(6,7)8)48-50-28(20)36-16(2)46-50/h47-48H,1-12H3,(H,39,43)(H,40,44). The zero-order valence-electron chi connectivity index (χ0n) is 30.3. The molecule has 0 aromatic carbocycles. The van der Waals surface area contributed by atoms with Crippen molar-refractivity contribution in [3.8, 4) is 0 Å². The Kier molecular flexibility index (Phi) is 7.62. The van der Waals surface area contributed by atoms with E-state index >= 15 is 0 Å². The molecule has 6 heterocycles. The third-order valence-corrected chi connectivity index (χ3v) is 9.23. The van der Waals surface area contributed by atoms with Gasteiger partial charge in [-0.25, -0.2) is 19.7 Å². The molecule has 0 fully saturated rings. The van der Waals surface area contributed by atoms with Crippen LogP contribution < -0.4 is 0 Å². The summed E-state index contributed by atoms with van der Waals surface area (Å²) in [6.45, 7) is 40.0. The molecule has 0 unspecified atom stereocenters. The van der Waals surface area contributed by atoms with E-state index in [0.717, 1.165) is 11.4 Å². The van der Waals surface area contributed by atoms with Gasteiger partial charge in [-0.15, -0.1) is 30.7 Å². The molecule has 0 spiro atoms. The van der Waals surface area contributed by atoms with Crippen LogP contribution in [0.25, 0.3) is 21.0 Å². The summed E-state index contributed by atoms with van der Waals surface area (Å²) < 4.78 is 3.15. The molecule has 6 rings (SSSR count). The van der Waals surface area contributed by atoms with Gasteiger partial charge in [-0.3, -0.25) is 20.4 Å². The van der Waals surface area contributed by atoms with Gasteiger partial charge in [0.1, 0.15) is 11.6 Å². The van der Waals surface area contributed by atoms with E-state index in [0.29, 0.717) is 45.7 Å². The minimum Gasteiger partial charge on any atom is -0.291 e. The molecule has 18 nitrogen and oxygen atoms in total. The monoisotopic (exact) mass is 676 g/mol. The molecule has 0 saturated carbocycles. The molecule has 0 amide bonds. The predicted molar refractivity (Wildman–Crippen MR) is 186 cm³/mol. The number of hydrogen-bond donors (Lipinski definition) is 4. The van der Waals surface area contributed by atoms with Crippen LogP contribution in [0.15, 0.2) is 20.5 Å². The maximum Gasteiger partial charge on any atom is 0.255 e. The molecule has 50 heavy (non-hydrogen) atoms. The first-order chi connectivity index (χ1) is 23.3. The van der Waals surface area contributed by atoms with E-state index in [1.165, 1.54) is 0 Å². The summed E-state index contributed by atoms with van der Waals surface area (Å²) >= 11 is 0. The largest absolute Gasteiger partial charge is 0.291 e. The van der Waals surface area contributed by atoms with E-state index in [2.05, 4.69) is 80.9 Å². The maximum absolute atomic E-state index is 8.11. The summed E-state index contributed by atoms with van der Waals surface area (Å²) in [4.78, 5) is 16.7. The number of azo groups is 2. The zero-order chi connectivity index (χ0) is 36.6. The van der Waals surface area contributed by atoms with Gasteiger partial charge in [-0.1, -0.05) is 69.2 Å². The lowest BCUT2D eigenvalue weighted by molar-refractivity contribution is 0.290. The van der Waals surface area contributed by atoms with Crippen molar-refractivity contribution in [1.82, 2.24) is 60.0 Å². The number of H-pyrrole nitrogens is 4. The third-order valence-electron chi connectivity index (χ3n) is 9.23. The molecule has 4 N–H and O–H groups in total. The fourth-order valence-corrected chi connectivity index (χ4v) is 5.76. The summed E-state index contributed by atoms with van der Waals surface area (Å²) in [5.41, 5.74) is 2.96. The lowest BCUT2D eigenvalue weighted by atomic mass is 9.63. The Morgan fingerprint density at radius 1 is 0.560 bits per heavy atom. The molecule has 0 aliphatic carbocycles. The van der Waals surface area contributed by atoms with E-state index in [-0.39, 0.29) is 33.8 Å². The molecule has 0 bridgehead atoms. The van der Waals surface area contributed by atoms with E-state index in [1.54, 1.807) is 23.1 Å². The number of hydrogen-bond acceptors (Lipinski definition) is 10. The molecule has 0 atom stereocenters. The Hall–Kier alpha value is -6.04. The Morgan fingerprint density at radius 3 is 1.24 bits per heavy atom. The van der Waals surface area contributed by atoms with Crippen molar-refractivity contribution in [3.05, 3.63) is 57.3 Å². The number of rotatable bonds is 7. The van der Waals surface area contributed by atoms with Gasteiger partial charge in [0.25, 0.3) is 11.4 Å². The highest BCUT2D eigenvalue weighted by atomic mass is 15.5. The van der Waals surface area contributed by atoms with Gasteiger partial charge in [-0.2, -0.15) is 19.5 Å². The molecule has 6 aromatic heterocycles. The van der Waals surface area contributed by atoms with Crippen molar-refractivity contribution in [1.29, 1.82) is 0 Å². The summed E-state index contributed by atoms with van der Waals surface area (Å²) in [7, 11) is 0. The van der Waals surface area contributed by atoms with Crippen molar-refractivity contribution in [2.45, 2.75) is 105 Å². The van der Waals surface area contributed by atoms with Crippen molar-refractivity contribution < 1.29 is 0 Å². The second kappa shape index (κ2) is 11.3. The Labute approximate surface area is 287 Å². The second-order valence-electron chi connectivity index (χ2n) is 15.4. The SMILES string of the molecule is [C-]#[N+]c1c(N=Nc2c(C(C)(C)C)[nH]n3nc(C)nc23)n[nH]c1C(C)(C)C(C)(C)c1[nH]nc(N=Nc2c(C(C)(C)C)[nH]n3nc(C)nc23)c1[N+]#[C-]. The van der Waals surface area contributed by atoms with Crippen molar-refractivity contribution >= 4 is 45.7 Å². The first kappa shape index (κ1) is 33.8. The third kappa shape index (κ3) is 5.33. The molecular weight excluding hydrogens is 636 g/mol. The van der Waals surface area contributed by atoms with Crippen LogP contribution in [0.4, 0.5) is 34.4 Å². The van der Waals surface area contributed by atoms with Crippen LogP contribution in [0.2, 0.25) is 0 Å². The van der Waals surface area contributed by atoms with E-state index < -0.39 is 10.8 Å². The highest BCUT2D eigenvalue weighted by molar-refractivity contribution is 5.73. The fraction of sp³-hybridized carbons (Fsp3) is 0.500. The van der Waals surface area contributed by atoms with Crippen LogP contribution in [-0.4, -0.2) is 60.0 Å². The average Bonchev–Trinajstić information content (AvgIpc) is 3.84. The lowest BCUT2D eigenvalue weighted by Crippen LogP contribution is -2.41. The van der Waals surface area contributed by atoms with Crippen LogP contribution in [0.3, 0.4) is 0 Å². The lowest BCUT2D eigenvalue weighted by Gasteiger charge is -2.41. The topological polar surface area (TPSA) is 207 Å². The van der Waals surface area contributed by atoms with Crippen LogP contribution >= 0.6 is 0 Å². The smallest absolute Gasteiger partial charge is 0.255 e. The van der Waals surface area contributed by atoms with Gasteiger partial charge in [0.15, 0.2) is 11.4 Å². The molecule has 0 aliphatic heterocycles. The quantitative estimate of drug-likeness (QED) is 0.0965. The molecule has 0 radical (unpaired) electrons. The second-order valence-corrected chi connectivity index (χ2v) is 15.4. The number of nitrogens with zero attached hydrogens (tertiary/aromatic N) is 14. The normalized spacial score (nSPS) is 13.4. The van der Waals surface area contributed by atoms with Gasteiger partial charge in [0.2, 0.25) is 22.9 Å². The van der Waals surface area contributed by atoms with Crippen LogP contribution in [0.1, 0.15) is 104 Å². The molecule has 0 aliphatic rings. The summed E-state index contributed by atoms with van der Waals surface area (Å²) in [6.07, 6.45) is 0. The molecule has 6 aromatic rings. The molecule has 0 saturated heterocycles. The van der Waals surface area contributed by atoms with Crippen LogP contribution in [-0.2, 0) is 21.7 Å². The molecular formula is C32H40N18. The van der Waals surface area contributed by atoms with Crippen molar-refractivity contribution in [2.75, 3.05) is 0 Å². The summed E-state index contributed by atoms with van der Waals surface area (Å²) in [5, 5.41) is 48.1. The van der Waals surface area contributed by atoms with Gasteiger partial charge < -0.3 is 0 Å². The Morgan fingerprint density at radius 2 is 0.920 bits per heavy atom. The molecule has 258 valence electrons. The van der Waals surface area contributed by atoms with Crippen molar-refractivity contribution in [3.63, 3.8) is 0 Å². The Balaban J connectivity index is 1.37. The molecule has 18 heteroatoms. The minimum atomic E-state index is -0.804. The fourth-order valence-electron chi connectivity index (χ4n) is 5.76. The number of fused-ring (bicyclic) bond motifs is 2. The van der Waals surface area contributed by atoms with Gasteiger partial charge in [0, 0.05) is 21.7 Å². The maximum atomic E-state index is 8.11. The number of aromatic nitrogens is 12. The van der Waals surface area contributed by atoms with Crippen LogP contribution in [0.5, 0.6) is 0 Å². The van der Waals surface area contributed by atoms with Gasteiger partial charge in [-0.05, 0) is 13.8 Å². The zero-order valence-corrected chi connectivity index (χ0v) is 30.3. The van der Waals surface area contributed by atoms with E-state index in [1.807, 2.05) is 69.2 Å².